The summed E-state index contributed by atoms with van der Waals surface area (Å²) in [6.07, 6.45) is 5.09. The lowest BCUT2D eigenvalue weighted by Gasteiger charge is -1.98. The number of benzene rings is 1. The van der Waals surface area contributed by atoms with Crippen LogP contribution >= 0.6 is 11.8 Å². The second-order valence-electron chi connectivity index (χ2n) is 3.26. The summed E-state index contributed by atoms with van der Waals surface area (Å²) in [4.78, 5) is 4.57. The molecule has 0 spiro atoms. The molecular formula is C11H14N2S. The summed E-state index contributed by atoms with van der Waals surface area (Å²) in [5, 5.41) is 1.30. The van der Waals surface area contributed by atoms with Crippen molar-refractivity contribution < 1.29 is 0 Å². The van der Waals surface area contributed by atoms with Crippen LogP contribution in [-0.2, 0) is 6.42 Å². The van der Waals surface area contributed by atoms with Crippen LogP contribution in [0.4, 0.5) is 0 Å². The number of nitrogens with two attached hydrogens (primary N) is 1. The van der Waals surface area contributed by atoms with Crippen LogP contribution in [-0.4, -0.2) is 17.8 Å². The molecule has 14 heavy (non-hydrogen) atoms. The van der Waals surface area contributed by atoms with Crippen LogP contribution in [0, 0.1) is 0 Å². The van der Waals surface area contributed by atoms with E-state index in [1.54, 1.807) is 11.8 Å². The molecule has 1 aromatic carbocycles. The van der Waals surface area contributed by atoms with Crippen LogP contribution in [0.3, 0.4) is 0 Å². The maximum absolute atomic E-state index is 5.55. The van der Waals surface area contributed by atoms with Crippen molar-refractivity contribution in [3.05, 3.63) is 30.0 Å². The lowest BCUT2D eigenvalue weighted by atomic mass is 10.1. The van der Waals surface area contributed by atoms with Gasteiger partial charge in [-0.25, -0.2) is 0 Å². The zero-order valence-corrected chi connectivity index (χ0v) is 9.03. The van der Waals surface area contributed by atoms with Gasteiger partial charge in [0.2, 0.25) is 0 Å². The molecule has 0 radical (unpaired) electrons. The molecule has 0 aliphatic carbocycles. The number of rotatable bonds is 3. The van der Waals surface area contributed by atoms with Crippen molar-refractivity contribution in [2.45, 2.75) is 11.3 Å². The highest BCUT2D eigenvalue weighted by Crippen LogP contribution is 2.23. The van der Waals surface area contributed by atoms with Gasteiger partial charge in [-0.05, 0) is 36.9 Å². The summed E-state index contributed by atoms with van der Waals surface area (Å²) in [6.45, 7) is 0.706. The third-order valence-corrected chi connectivity index (χ3v) is 3.11. The molecule has 74 valence electrons. The van der Waals surface area contributed by atoms with Crippen LogP contribution in [0.1, 0.15) is 5.56 Å². The molecule has 0 saturated heterocycles. The zero-order valence-electron chi connectivity index (χ0n) is 8.21. The Balaban J connectivity index is 2.48. The first-order valence-electron chi connectivity index (χ1n) is 4.69. The maximum atomic E-state index is 5.55. The summed E-state index contributed by atoms with van der Waals surface area (Å²) >= 11 is 1.76. The van der Waals surface area contributed by atoms with Gasteiger partial charge in [0.25, 0.3) is 0 Å². The molecule has 0 bridgehead atoms. The highest BCUT2D eigenvalue weighted by Gasteiger charge is 2.02. The van der Waals surface area contributed by atoms with Crippen LogP contribution in [0.5, 0.6) is 0 Å². The van der Waals surface area contributed by atoms with Gasteiger partial charge >= 0.3 is 0 Å². The minimum atomic E-state index is 0.706. The minimum absolute atomic E-state index is 0.706. The third-order valence-electron chi connectivity index (χ3n) is 2.39. The highest BCUT2D eigenvalue weighted by molar-refractivity contribution is 7.98. The van der Waals surface area contributed by atoms with Crippen molar-refractivity contribution in [3.8, 4) is 0 Å². The van der Waals surface area contributed by atoms with E-state index in [4.69, 9.17) is 5.73 Å². The standard InChI is InChI=1S/C11H14N2S/c1-14-9-2-3-10-8(4-5-12)7-13-11(10)6-9/h2-3,6-7,13H,4-5,12H2,1H3. The van der Waals surface area contributed by atoms with Crippen LogP contribution in [0.25, 0.3) is 10.9 Å². The molecule has 1 heterocycles. The van der Waals surface area contributed by atoms with Gasteiger partial charge in [-0.1, -0.05) is 6.07 Å². The predicted molar refractivity (Wildman–Crippen MR) is 62.8 cm³/mol. The Morgan fingerprint density at radius 2 is 2.29 bits per heavy atom. The molecule has 0 aliphatic heterocycles. The summed E-state index contributed by atoms with van der Waals surface area (Å²) in [5.74, 6) is 0. The van der Waals surface area contributed by atoms with Gasteiger partial charge in [0, 0.05) is 22.0 Å². The summed E-state index contributed by atoms with van der Waals surface area (Å²) in [6, 6.07) is 6.50. The van der Waals surface area contributed by atoms with Crippen molar-refractivity contribution in [1.29, 1.82) is 0 Å². The molecule has 3 heteroatoms. The van der Waals surface area contributed by atoms with E-state index < -0.39 is 0 Å². The Hall–Kier alpha value is -0.930. The number of aromatic amines is 1. The van der Waals surface area contributed by atoms with Crippen molar-refractivity contribution >= 4 is 22.7 Å². The quantitative estimate of drug-likeness (QED) is 0.757. The number of fused-ring (bicyclic) bond motifs is 1. The normalized spacial score (nSPS) is 11.0. The lowest BCUT2D eigenvalue weighted by Crippen LogP contribution is -2.01. The van der Waals surface area contributed by atoms with Crippen molar-refractivity contribution in [2.24, 2.45) is 5.73 Å². The summed E-state index contributed by atoms with van der Waals surface area (Å²) in [5.41, 5.74) is 8.07. The average Bonchev–Trinajstić information content (AvgIpc) is 2.61. The van der Waals surface area contributed by atoms with E-state index in [0.717, 1.165) is 6.42 Å². The molecular weight excluding hydrogens is 192 g/mol. The van der Waals surface area contributed by atoms with Crippen LogP contribution in [0.15, 0.2) is 29.3 Å². The smallest absolute Gasteiger partial charge is 0.0468 e. The first kappa shape index (κ1) is 9.62. The fraction of sp³-hybridized carbons (Fsp3) is 0.273. The van der Waals surface area contributed by atoms with Crippen LogP contribution in [0.2, 0.25) is 0 Å². The Kier molecular flexibility index (Phi) is 2.79. The number of thioether (sulfide) groups is 1. The van der Waals surface area contributed by atoms with E-state index in [2.05, 4.69) is 35.6 Å². The Labute approximate surface area is 87.9 Å². The van der Waals surface area contributed by atoms with Gasteiger partial charge in [-0.3, -0.25) is 0 Å². The molecule has 3 N–H and O–H groups in total. The minimum Gasteiger partial charge on any atom is -0.361 e. The third kappa shape index (κ3) is 1.65. The number of hydrogen-bond donors (Lipinski definition) is 2. The first-order chi connectivity index (χ1) is 6.85. The Morgan fingerprint density at radius 1 is 1.43 bits per heavy atom. The Bertz CT molecular complexity index is 434. The fourth-order valence-electron chi connectivity index (χ4n) is 1.65. The van der Waals surface area contributed by atoms with Gasteiger partial charge in [0.1, 0.15) is 0 Å². The van der Waals surface area contributed by atoms with Crippen LogP contribution < -0.4 is 5.73 Å². The molecule has 1 aromatic heterocycles. The first-order valence-corrected chi connectivity index (χ1v) is 5.91. The molecule has 0 fully saturated rings. The molecule has 2 aromatic rings. The molecule has 0 aliphatic rings. The van der Waals surface area contributed by atoms with Gasteiger partial charge in [0.05, 0.1) is 0 Å². The summed E-state index contributed by atoms with van der Waals surface area (Å²) < 4.78 is 0. The van der Waals surface area contributed by atoms with E-state index in [-0.39, 0.29) is 0 Å². The number of hydrogen-bond acceptors (Lipinski definition) is 2. The topological polar surface area (TPSA) is 41.8 Å². The van der Waals surface area contributed by atoms with Crippen molar-refractivity contribution in [1.82, 2.24) is 4.98 Å². The second-order valence-corrected chi connectivity index (χ2v) is 4.14. The second kappa shape index (κ2) is 4.07. The zero-order chi connectivity index (χ0) is 9.97. The molecule has 0 unspecified atom stereocenters. The molecule has 0 saturated carbocycles. The fourth-order valence-corrected chi connectivity index (χ4v) is 2.09. The van der Waals surface area contributed by atoms with E-state index in [0.29, 0.717) is 6.54 Å². The van der Waals surface area contributed by atoms with E-state index in [1.807, 2.05) is 0 Å². The lowest BCUT2D eigenvalue weighted by molar-refractivity contribution is 0.976. The molecule has 0 amide bonds. The Morgan fingerprint density at radius 3 is 3.00 bits per heavy atom. The predicted octanol–water partition coefficient (Wildman–Crippen LogP) is 2.39. The van der Waals surface area contributed by atoms with Crippen molar-refractivity contribution in [2.75, 3.05) is 12.8 Å². The maximum Gasteiger partial charge on any atom is 0.0468 e. The molecule has 0 atom stereocenters. The number of H-pyrrole nitrogens is 1. The van der Waals surface area contributed by atoms with Gasteiger partial charge < -0.3 is 10.7 Å². The van der Waals surface area contributed by atoms with Gasteiger partial charge in [-0.15, -0.1) is 11.8 Å². The van der Waals surface area contributed by atoms with E-state index >= 15 is 0 Å². The average molecular weight is 206 g/mol. The van der Waals surface area contributed by atoms with E-state index in [1.165, 1.54) is 21.4 Å². The van der Waals surface area contributed by atoms with Crippen molar-refractivity contribution in [3.63, 3.8) is 0 Å². The monoisotopic (exact) mass is 206 g/mol. The molecule has 2 rings (SSSR count). The highest BCUT2D eigenvalue weighted by atomic mass is 32.2. The number of nitrogens with one attached hydrogen (secondary N) is 1. The molecule has 2 nitrogen and oxygen atoms in total. The van der Waals surface area contributed by atoms with Gasteiger partial charge in [0.15, 0.2) is 0 Å². The largest absolute Gasteiger partial charge is 0.361 e. The van der Waals surface area contributed by atoms with E-state index in [9.17, 15) is 0 Å². The SMILES string of the molecule is CSc1ccc2c(CCN)c[nH]c2c1. The van der Waals surface area contributed by atoms with Gasteiger partial charge in [-0.2, -0.15) is 0 Å². The summed E-state index contributed by atoms with van der Waals surface area (Å²) in [7, 11) is 0. The number of aromatic nitrogens is 1.